The predicted molar refractivity (Wildman–Crippen MR) is 114 cm³/mol. The molecule has 0 heterocycles. The van der Waals surface area contributed by atoms with Crippen LogP contribution in [-0.2, 0) is 27.2 Å². The summed E-state index contributed by atoms with van der Waals surface area (Å²) in [5, 5.41) is 3.04. The van der Waals surface area contributed by atoms with Gasteiger partial charge in [-0.2, -0.15) is 0 Å². The molecule has 1 N–H and O–H groups in total. The van der Waals surface area contributed by atoms with Crippen molar-refractivity contribution >= 4 is 11.9 Å². The van der Waals surface area contributed by atoms with E-state index in [0.717, 1.165) is 30.4 Å². The van der Waals surface area contributed by atoms with Crippen molar-refractivity contribution in [2.45, 2.75) is 51.2 Å². The number of benzene rings is 2. The summed E-state index contributed by atoms with van der Waals surface area (Å²) >= 11 is 0. The van der Waals surface area contributed by atoms with E-state index in [-0.39, 0.29) is 18.4 Å². The monoisotopic (exact) mass is 411 g/mol. The highest BCUT2D eigenvalue weighted by Crippen LogP contribution is 2.30. The van der Waals surface area contributed by atoms with Gasteiger partial charge >= 0.3 is 5.97 Å². The fraction of sp³-hybridized carbons (Fsp3) is 0.417. The number of aryl methyl sites for hydroxylation is 2. The van der Waals surface area contributed by atoms with Crippen LogP contribution in [0, 0.1) is 0 Å². The lowest BCUT2D eigenvalue weighted by Gasteiger charge is -2.27. The molecule has 0 radical (unpaired) electrons. The molecule has 0 aromatic heterocycles. The number of hydrogen-bond acceptors (Lipinski definition) is 5. The van der Waals surface area contributed by atoms with Crippen LogP contribution in [0.15, 0.2) is 42.5 Å². The lowest BCUT2D eigenvalue weighted by molar-refractivity contribution is -0.155. The number of hydrogen-bond donors (Lipinski definition) is 1. The molecule has 2 aromatic rings. The normalized spacial score (nSPS) is 16.2. The average molecular weight is 411 g/mol. The van der Waals surface area contributed by atoms with Crippen molar-refractivity contribution in [3.63, 3.8) is 0 Å². The van der Waals surface area contributed by atoms with Gasteiger partial charge in [0, 0.05) is 6.42 Å². The Morgan fingerprint density at radius 3 is 2.63 bits per heavy atom. The highest BCUT2D eigenvalue weighted by molar-refractivity contribution is 5.83. The Morgan fingerprint density at radius 1 is 1.10 bits per heavy atom. The molecular weight excluding hydrogens is 382 g/mol. The third-order valence-electron chi connectivity index (χ3n) is 5.43. The SMILES string of the molecule is COc1ccc(CCC(=O)O[C@@H](C)C(=O)N[C@H]2CCCc3ccccc32)cc1OC. The van der Waals surface area contributed by atoms with Gasteiger partial charge in [-0.25, -0.2) is 0 Å². The first-order valence-corrected chi connectivity index (χ1v) is 10.3. The van der Waals surface area contributed by atoms with Gasteiger partial charge in [-0.1, -0.05) is 30.3 Å². The van der Waals surface area contributed by atoms with Crippen molar-refractivity contribution in [2.24, 2.45) is 0 Å². The topological polar surface area (TPSA) is 73.9 Å². The van der Waals surface area contributed by atoms with Gasteiger partial charge in [0.15, 0.2) is 17.6 Å². The van der Waals surface area contributed by atoms with Crippen LogP contribution in [0.2, 0.25) is 0 Å². The van der Waals surface area contributed by atoms with Crippen molar-refractivity contribution in [1.82, 2.24) is 5.32 Å². The summed E-state index contributed by atoms with van der Waals surface area (Å²) in [6, 6.07) is 13.7. The molecule has 0 saturated heterocycles. The first kappa shape index (κ1) is 21.7. The van der Waals surface area contributed by atoms with Crippen molar-refractivity contribution in [3.05, 3.63) is 59.2 Å². The summed E-state index contributed by atoms with van der Waals surface area (Å²) in [5.41, 5.74) is 3.36. The summed E-state index contributed by atoms with van der Waals surface area (Å²) in [5.74, 6) is 0.579. The third kappa shape index (κ3) is 5.32. The second-order valence-corrected chi connectivity index (χ2v) is 7.47. The summed E-state index contributed by atoms with van der Waals surface area (Å²) in [4.78, 5) is 24.8. The van der Waals surface area contributed by atoms with Gasteiger partial charge in [0.05, 0.1) is 20.3 Å². The molecule has 1 amide bonds. The van der Waals surface area contributed by atoms with Crippen molar-refractivity contribution in [2.75, 3.05) is 14.2 Å². The van der Waals surface area contributed by atoms with E-state index in [9.17, 15) is 9.59 Å². The zero-order valence-electron chi connectivity index (χ0n) is 17.8. The molecule has 3 rings (SSSR count). The van der Waals surface area contributed by atoms with Gasteiger partial charge in [-0.05, 0) is 61.4 Å². The van der Waals surface area contributed by atoms with Crippen LogP contribution in [0.5, 0.6) is 11.5 Å². The molecule has 160 valence electrons. The lowest BCUT2D eigenvalue weighted by atomic mass is 9.87. The minimum Gasteiger partial charge on any atom is -0.493 e. The molecule has 0 fully saturated rings. The van der Waals surface area contributed by atoms with E-state index < -0.39 is 12.1 Å². The summed E-state index contributed by atoms with van der Waals surface area (Å²) < 4.78 is 15.9. The van der Waals surface area contributed by atoms with Gasteiger partial charge in [-0.15, -0.1) is 0 Å². The molecule has 30 heavy (non-hydrogen) atoms. The van der Waals surface area contributed by atoms with E-state index in [2.05, 4.69) is 17.4 Å². The minimum atomic E-state index is -0.836. The van der Waals surface area contributed by atoms with Crippen molar-refractivity contribution in [1.29, 1.82) is 0 Å². The molecule has 2 atom stereocenters. The Labute approximate surface area is 177 Å². The Balaban J connectivity index is 1.50. The standard InChI is InChI=1S/C24H29NO5/c1-16(24(27)25-20-10-6-8-18-7-4-5-9-19(18)20)30-23(26)14-12-17-11-13-21(28-2)22(15-17)29-3/h4-5,7,9,11,13,15-16,20H,6,8,10,12,14H2,1-3H3,(H,25,27)/t16-,20-/m0/s1. The molecule has 6 heteroatoms. The van der Waals surface area contributed by atoms with Crippen LogP contribution in [0.4, 0.5) is 0 Å². The lowest BCUT2D eigenvalue weighted by Crippen LogP contribution is -2.39. The van der Waals surface area contributed by atoms with Gasteiger partial charge in [-0.3, -0.25) is 9.59 Å². The van der Waals surface area contributed by atoms with Crippen LogP contribution < -0.4 is 14.8 Å². The number of carbonyl (C=O) groups excluding carboxylic acids is 2. The van der Waals surface area contributed by atoms with Crippen molar-refractivity contribution < 1.29 is 23.8 Å². The first-order chi connectivity index (χ1) is 14.5. The molecule has 0 saturated carbocycles. The first-order valence-electron chi connectivity index (χ1n) is 10.3. The number of fused-ring (bicyclic) bond motifs is 1. The fourth-order valence-corrected chi connectivity index (χ4v) is 3.79. The quantitative estimate of drug-likeness (QED) is 0.670. The largest absolute Gasteiger partial charge is 0.493 e. The minimum absolute atomic E-state index is 0.0321. The molecular formula is C24H29NO5. The highest BCUT2D eigenvalue weighted by atomic mass is 16.5. The Morgan fingerprint density at radius 2 is 1.87 bits per heavy atom. The Bertz CT molecular complexity index is 895. The molecule has 0 unspecified atom stereocenters. The number of esters is 1. The number of methoxy groups -OCH3 is 2. The Hall–Kier alpha value is -3.02. The van der Waals surface area contributed by atoms with Crippen LogP contribution in [0.25, 0.3) is 0 Å². The number of amides is 1. The maximum absolute atomic E-state index is 12.6. The van der Waals surface area contributed by atoms with Crippen LogP contribution in [-0.4, -0.2) is 32.2 Å². The second kappa shape index (κ2) is 10.1. The zero-order valence-corrected chi connectivity index (χ0v) is 17.8. The van der Waals surface area contributed by atoms with Gasteiger partial charge in [0.25, 0.3) is 5.91 Å². The number of rotatable bonds is 8. The van der Waals surface area contributed by atoms with E-state index in [0.29, 0.717) is 17.9 Å². The summed E-state index contributed by atoms with van der Waals surface area (Å²) in [7, 11) is 3.15. The van der Waals surface area contributed by atoms with E-state index in [1.165, 1.54) is 5.56 Å². The molecule has 2 aromatic carbocycles. The second-order valence-electron chi connectivity index (χ2n) is 7.47. The van der Waals surface area contributed by atoms with Gasteiger partial charge < -0.3 is 19.5 Å². The van der Waals surface area contributed by atoms with Gasteiger partial charge in [0.2, 0.25) is 0 Å². The Kier molecular flexibility index (Phi) is 7.33. The number of nitrogens with one attached hydrogen (secondary N) is 1. The third-order valence-corrected chi connectivity index (χ3v) is 5.43. The fourth-order valence-electron chi connectivity index (χ4n) is 3.79. The maximum Gasteiger partial charge on any atom is 0.306 e. The van der Waals surface area contributed by atoms with Crippen LogP contribution >= 0.6 is 0 Å². The van der Waals surface area contributed by atoms with E-state index in [1.54, 1.807) is 27.2 Å². The average Bonchev–Trinajstić information content (AvgIpc) is 2.77. The zero-order chi connectivity index (χ0) is 21.5. The smallest absolute Gasteiger partial charge is 0.306 e. The molecule has 0 bridgehead atoms. The highest BCUT2D eigenvalue weighted by Gasteiger charge is 2.25. The van der Waals surface area contributed by atoms with Gasteiger partial charge in [0.1, 0.15) is 0 Å². The molecule has 1 aliphatic carbocycles. The predicted octanol–water partition coefficient (Wildman–Crippen LogP) is 3.76. The number of carbonyl (C=O) groups is 2. The van der Waals surface area contributed by atoms with E-state index in [1.807, 2.05) is 24.3 Å². The number of ether oxygens (including phenoxy) is 3. The van der Waals surface area contributed by atoms with E-state index in [4.69, 9.17) is 14.2 Å². The van der Waals surface area contributed by atoms with E-state index >= 15 is 0 Å². The summed E-state index contributed by atoms with van der Waals surface area (Å²) in [6.45, 7) is 1.61. The summed E-state index contributed by atoms with van der Waals surface area (Å²) in [6.07, 6.45) is 2.79. The molecule has 0 aliphatic heterocycles. The van der Waals surface area contributed by atoms with Crippen molar-refractivity contribution in [3.8, 4) is 11.5 Å². The van der Waals surface area contributed by atoms with Crippen LogP contribution in [0.1, 0.15) is 48.9 Å². The van der Waals surface area contributed by atoms with Crippen LogP contribution in [0.3, 0.4) is 0 Å². The molecule has 1 aliphatic rings. The maximum atomic E-state index is 12.6. The molecule has 6 nitrogen and oxygen atoms in total. The molecule has 0 spiro atoms.